The van der Waals surface area contributed by atoms with Gasteiger partial charge in [-0.05, 0) is 0 Å². The fourth-order valence-electron chi connectivity index (χ4n) is 1.76. The molecule has 0 aromatic rings. The van der Waals surface area contributed by atoms with Crippen LogP contribution in [0.15, 0.2) is 0 Å². The van der Waals surface area contributed by atoms with Crippen LogP contribution in [0.3, 0.4) is 0 Å². The maximum atomic E-state index is 5.30. The summed E-state index contributed by atoms with van der Waals surface area (Å²) in [5.74, 6) is 0. The van der Waals surface area contributed by atoms with Crippen molar-refractivity contribution in [2.75, 3.05) is 0 Å². The topological polar surface area (TPSA) is 36.9 Å². The quantitative estimate of drug-likeness (QED) is 0.433. The lowest BCUT2D eigenvalue weighted by Gasteiger charge is -2.23. The van der Waals surface area contributed by atoms with E-state index in [1.807, 2.05) is 0 Å². The Labute approximate surface area is 84.9 Å². The normalized spacial score (nSPS) is 39.5. The summed E-state index contributed by atoms with van der Waals surface area (Å²) >= 11 is 0. The van der Waals surface area contributed by atoms with E-state index in [-0.39, 0.29) is 24.4 Å². The van der Waals surface area contributed by atoms with Gasteiger partial charge in [-0.25, -0.2) is 0 Å². The van der Waals surface area contributed by atoms with E-state index >= 15 is 0 Å². The maximum Gasteiger partial charge on any atom is 0.257 e. The van der Waals surface area contributed by atoms with Gasteiger partial charge in [0.15, 0.2) is 0 Å². The first-order valence-corrected chi connectivity index (χ1v) is 4.99. The Morgan fingerprint density at radius 1 is 0.923 bits per heavy atom. The van der Waals surface area contributed by atoms with Crippen molar-refractivity contribution in [3.63, 3.8) is 0 Å². The summed E-state index contributed by atoms with van der Waals surface area (Å²) in [6.45, 7) is 0. The third kappa shape index (κ3) is 2.44. The lowest BCUT2D eigenvalue weighted by atomic mass is 10.2. The van der Waals surface area contributed by atoms with E-state index < -0.39 is 0 Å². The third-order valence-electron chi connectivity index (χ3n) is 2.42. The second-order valence-electron chi connectivity index (χ2n) is 2.99. The van der Waals surface area contributed by atoms with E-state index in [1.165, 1.54) is 0 Å². The fraction of sp³-hybridized carbons (Fsp3) is 1.00. The largest absolute Gasteiger partial charge is 0.436 e. The van der Waals surface area contributed by atoms with Gasteiger partial charge >= 0.3 is 0 Å². The first-order chi connectivity index (χ1) is 6.28. The summed E-state index contributed by atoms with van der Waals surface area (Å²) < 4.78 is 21.0. The molecule has 0 radical (unpaired) electrons. The summed E-state index contributed by atoms with van der Waals surface area (Å²) in [6, 6.07) is 0. The lowest BCUT2D eigenvalue weighted by molar-refractivity contribution is 0.0120. The summed E-state index contributed by atoms with van der Waals surface area (Å²) in [6.07, 6.45) is 0.696. The van der Waals surface area contributed by atoms with Crippen LogP contribution in [-0.2, 0) is 18.4 Å². The smallest absolute Gasteiger partial charge is 0.257 e. The Morgan fingerprint density at radius 2 is 1.31 bits per heavy atom. The molecule has 13 heavy (non-hydrogen) atoms. The zero-order chi connectivity index (χ0) is 9.84. The first-order valence-electron chi connectivity index (χ1n) is 4.05. The zero-order valence-electron chi connectivity index (χ0n) is 7.80. The van der Waals surface area contributed by atoms with Crippen LogP contribution >= 0.6 is 18.9 Å². The molecule has 0 bridgehead atoms. The van der Waals surface area contributed by atoms with Crippen molar-refractivity contribution < 1.29 is 18.4 Å². The standard InChI is InChI=1S/C5H14B2O4P2/c6-8-4-2(10-12)1-3(11-13)5(4)9-7/h2-5H,1,6-7,12-13H2/t2-,3+,4-,5+. The van der Waals surface area contributed by atoms with Crippen LogP contribution in [0.25, 0.3) is 0 Å². The Hall–Kier alpha value is 0.830. The van der Waals surface area contributed by atoms with Gasteiger partial charge in [-0.1, -0.05) is 0 Å². The highest BCUT2D eigenvalue weighted by Crippen LogP contribution is 2.31. The Bertz CT molecular complexity index is 147. The predicted octanol–water partition coefficient (Wildman–Crippen LogP) is -1.39. The summed E-state index contributed by atoms with van der Waals surface area (Å²) in [5, 5.41) is 0. The van der Waals surface area contributed by atoms with Crippen LogP contribution < -0.4 is 0 Å². The van der Waals surface area contributed by atoms with Gasteiger partial charge < -0.3 is 18.4 Å². The van der Waals surface area contributed by atoms with Crippen molar-refractivity contribution >= 4 is 35.0 Å². The molecule has 0 saturated heterocycles. The van der Waals surface area contributed by atoms with Crippen LogP contribution in [0.5, 0.6) is 0 Å². The van der Waals surface area contributed by atoms with Gasteiger partial charge in [0.2, 0.25) is 0 Å². The lowest BCUT2D eigenvalue weighted by Crippen LogP contribution is -2.36. The van der Waals surface area contributed by atoms with Gasteiger partial charge in [-0.15, -0.1) is 0 Å². The van der Waals surface area contributed by atoms with Gasteiger partial charge in [0, 0.05) is 25.4 Å². The van der Waals surface area contributed by atoms with Gasteiger partial charge in [-0.3, -0.25) is 0 Å². The average Bonchev–Trinajstić information content (AvgIpc) is 2.54. The average molecular weight is 222 g/mol. The minimum atomic E-state index is -0.0620. The van der Waals surface area contributed by atoms with E-state index in [1.54, 1.807) is 16.1 Å². The first kappa shape index (κ1) is 11.9. The van der Waals surface area contributed by atoms with Crippen LogP contribution in [0, 0.1) is 0 Å². The highest BCUT2D eigenvalue weighted by atomic mass is 31.0. The molecule has 0 heterocycles. The highest BCUT2D eigenvalue weighted by Gasteiger charge is 2.43. The molecule has 0 spiro atoms. The van der Waals surface area contributed by atoms with Crippen molar-refractivity contribution in [1.82, 2.24) is 0 Å². The molecule has 1 saturated carbocycles. The van der Waals surface area contributed by atoms with E-state index in [9.17, 15) is 0 Å². The van der Waals surface area contributed by atoms with Crippen molar-refractivity contribution in [2.45, 2.75) is 30.8 Å². The van der Waals surface area contributed by atoms with Gasteiger partial charge in [0.1, 0.15) is 0 Å². The Kier molecular flexibility index (Phi) is 5.17. The fourth-order valence-corrected chi connectivity index (χ4v) is 2.29. The number of hydrogen-bond donors (Lipinski definition) is 0. The molecule has 1 aliphatic carbocycles. The van der Waals surface area contributed by atoms with Gasteiger partial charge in [0.25, 0.3) is 16.1 Å². The monoisotopic (exact) mass is 222 g/mol. The molecule has 4 nitrogen and oxygen atoms in total. The van der Waals surface area contributed by atoms with E-state index in [0.717, 1.165) is 6.42 Å². The molecular formula is C5H14B2O4P2. The molecule has 0 aliphatic heterocycles. The molecular weight excluding hydrogens is 208 g/mol. The predicted molar refractivity (Wildman–Crippen MR) is 60.6 cm³/mol. The summed E-state index contributed by atoms with van der Waals surface area (Å²) in [7, 11) is 7.81. The minimum absolute atomic E-state index is 0.0190. The maximum absolute atomic E-state index is 5.30. The van der Waals surface area contributed by atoms with Crippen LogP contribution in [0.1, 0.15) is 6.42 Å². The number of rotatable bonds is 4. The van der Waals surface area contributed by atoms with E-state index in [4.69, 9.17) is 18.4 Å². The molecule has 1 aliphatic rings. The molecule has 0 N–H and O–H groups in total. The van der Waals surface area contributed by atoms with E-state index in [0.29, 0.717) is 0 Å². The molecule has 0 aromatic carbocycles. The van der Waals surface area contributed by atoms with Crippen LogP contribution in [0.4, 0.5) is 0 Å². The van der Waals surface area contributed by atoms with Crippen molar-refractivity contribution in [3.8, 4) is 0 Å². The SMILES string of the molecule is BO[C@@H]1[C@H](OB)[C@H](OP)C[C@@H]1OP. The highest BCUT2D eigenvalue weighted by molar-refractivity contribution is 7.10. The second kappa shape index (κ2) is 5.65. The molecule has 74 valence electrons. The minimum Gasteiger partial charge on any atom is -0.436 e. The molecule has 0 amide bonds. The molecule has 2 unspecified atom stereocenters. The molecule has 6 atom stereocenters. The third-order valence-corrected chi connectivity index (χ3v) is 3.11. The zero-order valence-corrected chi connectivity index (χ0v) is 10.1. The second-order valence-corrected chi connectivity index (χ2v) is 3.53. The van der Waals surface area contributed by atoms with Gasteiger partial charge in [-0.2, -0.15) is 0 Å². The van der Waals surface area contributed by atoms with Crippen molar-refractivity contribution in [1.29, 1.82) is 0 Å². The molecule has 1 rings (SSSR count). The number of hydrogen-bond acceptors (Lipinski definition) is 4. The molecule has 0 aromatic heterocycles. The van der Waals surface area contributed by atoms with Crippen molar-refractivity contribution in [2.24, 2.45) is 0 Å². The van der Waals surface area contributed by atoms with Crippen LogP contribution in [-0.4, -0.2) is 40.5 Å². The Balaban J connectivity index is 2.65. The van der Waals surface area contributed by atoms with Gasteiger partial charge in [0.05, 0.1) is 24.4 Å². The van der Waals surface area contributed by atoms with Crippen molar-refractivity contribution in [3.05, 3.63) is 0 Å². The van der Waals surface area contributed by atoms with Crippen LogP contribution in [0.2, 0.25) is 0 Å². The molecule has 1 fully saturated rings. The summed E-state index contributed by atoms with van der Waals surface area (Å²) in [5.41, 5.74) is 0. The van der Waals surface area contributed by atoms with E-state index in [2.05, 4.69) is 18.9 Å². The molecule has 8 heteroatoms. The Morgan fingerprint density at radius 3 is 1.54 bits per heavy atom. The summed E-state index contributed by atoms with van der Waals surface area (Å²) in [4.78, 5) is 0.